The van der Waals surface area contributed by atoms with E-state index in [-0.39, 0.29) is 21.3 Å². The number of aliphatic imine (C=N–C) groups is 1. The molecule has 0 saturated carbocycles. The molecule has 0 saturated heterocycles. The van der Waals surface area contributed by atoms with E-state index in [0.29, 0.717) is 21.3 Å². The third kappa shape index (κ3) is 3.63. The Morgan fingerprint density at radius 2 is 1.82 bits per heavy atom. The van der Waals surface area contributed by atoms with Gasteiger partial charge < -0.3 is 0 Å². The van der Waals surface area contributed by atoms with E-state index in [1.807, 2.05) is 0 Å². The van der Waals surface area contributed by atoms with Gasteiger partial charge in [-0.25, -0.2) is 0 Å². The van der Waals surface area contributed by atoms with Gasteiger partial charge in [0.25, 0.3) is 11.6 Å². The van der Waals surface area contributed by atoms with E-state index >= 15 is 0 Å². The summed E-state index contributed by atoms with van der Waals surface area (Å²) >= 11 is 23.5. The molecule has 2 aromatic carbocycles. The first-order chi connectivity index (χ1) is 13.0. The van der Waals surface area contributed by atoms with Gasteiger partial charge in [-0.05, 0) is 44.2 Å². The van der Waals surface area contributed by atoms with E-state index in [4.69, 9.17) is 47.0 Å². The van der Waals surface area contributed by atoms with Crippen molar-refractivity contribution >= 4 is 69.3 Å². The second-order valence-corrected chi connectivity index (χ2v) is 8.09. The van der Waals surface area contributed by atoms with E-state index in [1.54, 1.807) is 32.0 Å². The lowest BCUT2D eigenvalue weighted by molar-refractivity contribution is -0.384. The van der Waals surface area contributed by atoms with Crippen LogP contribution in [0.5, 0.6) is 0 Å². The predicted octanol–water partition coefficient (Wildman–Crippen LogP) is 5.56. The normalized spacial score (nSPS) is 15.5. The van der Waals surface area contributed by atoms with Crippen LogP contribution in [0.15, 0.2) is 41.4 Å². The number of benzene rings is 2. The van der Waals surface area contributed by atoms with E-state index in [0.717, 1.165) is 6.07 Å². The van der Waals surface area contributed by atoms with Gasteiger partial charge in [0.15, 0.2) is 0 Å². The van der Waals surface area contributed by atoms with Crippen LogP contribution in [0.4, 0.5) is 5.69 Å². The zero-order chi connectivity index (χ0) is 20.8. The van der Waals surface area contributed by atoms with Crippen molar-refractivity contribution in [2.24, 2.45) is 4.99 Å². The van der Waals surface area contributed by atoms with Gasteiger partial charge in [-0.1, -0.05) is 47.0 Å². The number of thiocarbonyl (C=S) groups is 1. The molecular formula is C18H12Cl3N3O3S. The average Bonchev–Trinajstić information content (AvgIpc) is 2.83. The summed E-state index contributed by atoms with van der Waals surface area (Å²) in [6, 6.07) is 8.71. The van der Waals surface area contributed by atoms with Gasteiger partial charge in [0.1, 0.15) is 21.4 Å². The number of nitro groups is 1. The van der Waals surface area contributed by atoms with Gasteiger partial charge in [0.2, 0.25) is 0 Å². The first kappa shape index (κ1) is 20.7. The number of rotatable bonds is 3. The number of halogens is 3. The highest BCUT2D eigenvalue weighted by molar-refractivity contribution is 7.82. The van der Waals surface area contributed by atoms with Crippen LogP contribution in [-0.4, -0.2) is 32.1 Å². The van der Waals surface area contributed by atoms with Gasteiger partial charge in [-0.2, -0.15) is 0 Å². The molecule has 1 amide bonds. The molecule has 0 unspecified atom stereocenters. The fraction of sp³-hybridized carbons (Fsp3) is 0.167. The second kappa shape index (κ2) is 7.40. The van der Waals surface area contributed by atoms with Crippen LogP contribution in [0.1, 0.15) is 29.8 Å². The van der Waals surface area contributed by atoms with Crippen LogP contribution in [0.2, 0.25) is 15.1 Å². The van der Waals surface area contributed by atoms with Crippen molar-refractivity contribution in [2.75, 3.05) is 0 Å². The number of nitro benzene ring substituents is 1. The van der Waals surface area contributed by atoms with E-state index < -0.39 is 16.5 Å². The van der Waals surface area contributed by atoms with Crippen molar-refractivity contribution in [1.29, 1.82) is 0 Å². The largest absolute Gasteiger partial charge is 0.288 e. The summed E-state index contributed by atoms with van der Waals surface area (Å²) in [5.74, 6) is -0.529. The van der Waals surface area contributed by atoms with Gasteiger partial charge in [-0.15, -0.1) is 0 Å². The van der Waals surface area contributed by atoms with Gasteiger partial charge >= 0.3 is 0 Å². The van der Waals surface area contributed by atoms with Crippen molar-refractivity contribution in [1.82, 2.24) is 4.90 Å². The lowest BCUT2D eigenvalue weighted by atomic mass is 10.1. The SMILES string of the molecule is CC1(C)N=C(c2ccc(Cl)cc2Cl)C(=S)N1C(=O)c1ccc(Cl)c([N+](=O)[O-])c1. The van der Waals surface area contributed by atoms with E-state index in [2.05, 4.69) is 4.99 Å². The molecule has 0 aliphatic carbocycles. The molecule has 0 atom stereocenters. The molecule has 1 aliphatic heterocycles. The number of nitrogens with zero attached hydrogens (tertiary/aromatic N) is 3. The van der Waals surface area contributed by atoms with Crippen molar-refractivity contribution in [3.05, 3.63) is 72.7 Å². The molecular weight excluding hydrogens is 445 g/mol. The molecule has 10 heteroatoms. The first-order valence-corrected chi connectivity index (χ1v) is 9.45. The molecule has 3 rings (SSSR count). The van der Waals surface area contributed by atoms with Crippen molar-refractivity contribution in [3.63, 3.8) is 0 Å². The average molecular weight is 457 g/mol. The quantitative estimate of drug-likeness (QED) is 0.344. The van der Waals surface area contributed by atoms with Crippen LogP contribution < -0.4 is 0 Å². The van der Waals surface area contributed by atoms with Crippen molar-refractivity contribution in [3.8, 4) is 0 Å². The summed E-state index contributed by atoms with van der Waals surface area (Å²) in [6.45, 7) is 3.41. The molecule has 6 nitrogen and oxygen atoms in total. The highest BCUT2D eigenvalue weighted by Crippen LogP contribution is 2.33. The number of carbonyl (C=O) groups is 1. The van der Waals surface area contributed by atoms with Crippen LogP contribution in [-0.2, 0) is 0 Å². The van der Waals surface area contributed by atoms with E-state index in [1.165, 1.54) is 17.0 Å². The van der Waals surface area contributed by atoms with Gasteiger partial charge in [0, 0.05) is 22.2 Å². The standard InChI is InChI=1S/C18H12Cl3N3O3S/c1-18(2)22-15(11-5-4-10(19)8-13(11)21)17(28)23(18)16(25)9-3-6-12(20)14(7-9)24(26)27/h3-8H,1-2H3. The molecule has 1 aliphatic rings. The van der Waals surface area contributed by atoms with Crippen LogP contribution in [0, 0.1) is 10.1 Å². The Hall–Kier alpha value is -2.06. The Morgan fingerprint density at radius 3 is 2.43 bits per heavy atom. The summed E-state index contributed by atoms with van der Waals surface area (Å²) in [6.07, 6.45) is 0. The smallest absolute Gasteiger partial charge is 0.272 e. The Bertz CT molecular complexity index is 1070. The lowest BCUT2D eigenvalue weighted by Gasteiger charge is -2.29. The third-order valence-electron chi connectivity index (χ3n) is 4.12. The molecule has 0 spiro atoms. The zero-order valence-corrected chi connectivity index (χ0v) is 17.7. The van der Waals surface area contributed by atoms with Crippen molar-refractivity contribution < 1.29 is 9.72 Å². The Kier molecular flexibility index (Phi) is 5.46. The maximum absolute atomic E-state index is 13.1. The summed E-state index contributed by atoms with van der Waals surface area (Å²) in [5.41, 5.74) is -0.386. The second-order valence-electron chi connectivity index (χ2n) is 6.45. The summed E-state index contributed by atoms with van der Waals surface area (Å²) < 4.78 is 0. The van der Waals surface area contributed by atoms with Gasteiger partial charge in [-0.3, -0.25) is 24.8 Å². The number of hydrogen-bond acceptors (Lipinski definition) is 5. The highest BCUT2D eigenvalue weighted by atomic mass is 35.5. The number of hydrogen-bond donors (Lipinski definition) is 0. The molecule has 0 aromatic heterocycles. The Morgan fingerprint density at radius 1 is 1.14 bits per heavy atom. The van der Waals surface area contributed by atoms with Crippen LogP contribution in [0.25, 0.3) is 0 Å². The number of carbonyl (C=O) groups excluding carboxylic acids is 1. The summed E-state index contributed by atoms with van der Waals surface area (Å²) in [5, 5.41) is 11.9. The molecule has 2 aromatic rings. The molecule has 144 valence electrons. The lowest BCUT2D eigenvalue weighted by Crippen LogP contribution is -2.46. The van der Waals surface area contributed by atoms with Crippen molar-refractivity contribution in [2.45, 2.75) is 19.5 Å². The maximum Gasteiger partial charge on any atom is 0.288 e. The molecule has 0 radical (unpaired) electrons. The molecule has 0 bridgehead atoms. The minimum Gasteiger partial charge on any atom is -0.272 e. The fourth-order valence-electron chi connectivity index (χ4n) is 2.84. The summed E-state index contributed by atoms with van der Waals surface area (Å²) in [4.78, 5) is 29.6. The van der Waals surface area contributed by atoms with Gasteiger partial charge in [0.05, 0.1) is 9.95 Å². The fourth-order valence-corrected chi connectivity index (χ4v) is 3.98. The zero-order valence-electron chi connectivity index (χ0n) is 14.6. The minimum atomic E-state index is -1.01. The Labute approximate surface area is 180 Å². The Balaban J connectivity index is 2.02. The minimum absolute atomic E-state index is 0.0605. The molecule has 1 heterocycles. The summed E-state index contributed by atoms with van der Waals surface area (Å²) in [7, 11) is 0. The predicted molar refractivity (Wildman–Crippen MR) is 114 cm³/mol. The third-order valence-corrected chi connectivity index (χ3v) is 5.36. The molecule has 0 N–H and O–H groups in total. The molecule has 0 fully saturated rings. The van der Waals surface area contributed by atoms with Crippen LogP contribution >= 0.6 is 47.0 Å². The monoisotopic (exact) mass is 455 g/mol. The number of amides is 1. The van der Waals surface area contributed by atoms with E-state index in [9.17, 15) is 14.9 Å². The highest BCUT2D eigenvalue weighted by Gasteiger charge is 2.43. The molecule has 28 heavy (non-hydrogen) atoms. The topological polar surface area (TPSA) is 75.8 Å². The first-order valence-electron chi connectivity index (χ1n) is 7.91. The van der Waals surface area contributed by atoms with Crippen LogP contribution in [0.3, 0.4) is 0 Å². The maximum atomic E-state index is 13.1.